The van der Waals surface area contributed by atoms with Gasteiger partial charge in [-0.3, -0.25) is 24.4 Å². The molecule has 0 amide bonds. The molecule has 0 N–H and O–H groups in total. The fourth-order valence-corrected chi connectivity index (χ4v) is 3.34. The van der Waals surface area contributed by atoms with Gasteiger partial charge in [0.25, 0.3) is 0 Å². The number of carbonyl (C=O) groups excluding carboxylic acids is 1. The summed E-state index contributed by atoms with van der Waals surface area (Å²) in [5.74, 6) is 0.370. The van der Waals surface area contributed by atoms with Crippen LogP contribution in [0, 0.1) is 0 Å². The molecule has 22 heavy (non-hydrogen) atoms. The minimum atomic E-state index is 0.370. The lowest BCUT2D eigenvalue weighted by Gasteiger charge is -2.41. The van der Waals surface area contributed by atoms with E-state index in [-0.39, 0.29) is 0 Å². The van der Waals surface area contributed by atoms with E-state index in [9.17, 15) is 4.79 Å². The van der Waals surface area contributed by atoms with Crippen molar-refractivity contribution in [3.05, 3.63) is 0 Å². The highest BCUT2D eigenvalue weighted by Crippen LogP contribution is 2.10. The molecule has 0 radical (unpaired) electrons. The Kier molecular flexibility index (Phi) is 7.28. The smallest absolute Gasteiger partial charge is 0.146 e. The summed E-state index contributed by atoms with van der Waals surface area (Å²) in [4.78, 5) is 21.6. The summed E-state index contributed by atoms with van der Waals surface area (Å²) in [5, 5.41) is 0. The molecular weight excluding hydrogens is 276 g/mol. The molecule has 0 aromatic heterocycles. The van der Waals surface area contributed by atoms with Crippen LogP contribution >= 0.6 is 0 Å². The number of ketones is 1. The van der Waals surface area contributed by atoms with Crippen molar-refractivity contribution in [2.45, 2.75) is 39.7 Å². The Morgan fingerprint density at radius 3 is 1.86 bits per heavy atom. The first-order valence-corrected chi connectivity index (χ1v) is 9.05. The van der Waals surface area contributed by atoms with E-state index in [1.54, 1.807) is 0 Å². The molecule has 0 bridgehead atoms. The first-order chi connectivity index (χ1) is 10.6. The second kappa shape index (κ2) is 8.96. The Bertz CT molecular complexity index is 334. The lowest BCUT2D eigenvalue weighted by atomic mass is 10.2. The van der Waals surface area contributed by atoms with Crippen molar-refractivity contribution >= 4 is 5.78 Å². The fourth-order valence-electron chi connectivity index (χ4n) is 3.34. The number of piperazine rings is 2. The summed E-state index contributed by atoms with van der Waals surface area (Å²) in [6.45, 7) is 17.4. The summed E-state index contributed by atoms with van der Waals surface area (Å²) in [6, 6.07) is 0.724. The molecule has 128 valence electrons. The van der Waals surface area contributed by atoms with E-state index in [2.05, 4.69) is 33.4 Å². The molecule has 0 aliphatic carbocycles. The van der Waals surface area contributed by atoms with Crippen LogP contribution in [0.3, 0.4) is 0 Å². The third-order valence-corrected chi connectivity index (χ3v) is 5.28. The second-order valence-corrected chi connectivity index (χ2v) is 6.84. The van der Waals surface area contributed by atoms with Crippen molar-refractivity contribution in [1.82, 2.24) is 19.6 Å². The van der Waals surface area contributed by atoms with E-state index < -0.39 is 0 Å². The van der Waals surface area contributed by atoms with Gasteiger partial charge < -0.3 is 0 Å². The van der Waals surface area contributed by atoms with E-state index in [0.717, 1.165) is 38.9 Å². The molecular formula is C17H34N4O. The number of carbonyl (C=O) groups is 1. The molecule has 0 aromatic carbocycles. The van der Waals surface area contributed by atoms with Crippen molar-refractivity contribution in [3.8, 4) is 0 Å². The van der Waals surface area contributed by atoms with Crippen LogP contribution in [0.2, 0.25) is 0 Å². The summed E-state index contributed by atoms with van der Waals surface area (Å²) in [7, 11) is 0. The Balaban J connectivity index is 1.64. The van der Waals surface area contributed by atoms with Gasteiger partial charge in [-0.25, -0.2) is 0 Å². The molecule has 1 unspecified atom stereocenters. The summed E-state index contributed by atoms with van der Waals surface area (Å²) >= 11 is 0. The van der Waals surface area contributed by atoms with E-state index in [0.29, 0.717) is 18.7 Å². The van der Waals surface area contributed by atoms with Crippen LogP contribution in [0.5, 0.6) is 0 Å². The Hall–Kier alpha value is -0.490. The summed E-state index contributed by atoms with van der Waals surface area (Å²) in [6.07, 6.45) is 1.92. The monoisotopic (exact) mass is 310 g/mol. The maximum Gasteiger partial charge on any atom is 0.146 e. The van der Waals surface area contributed by atoms with Gasteiger partial charge in [0.15, 0.2) is 0 Å². The van der Waals surface area contributed by atoms with Crippen LogP contribution in [-0.4, -0.2) is 97.0 Å². The van der Waals surface area contributed by atoms with Gasteiger partial charge in [0, 0.05) is 64.8 Å². The average molecular weight is 310 g/mol. The molecule has 2 aliphatic rings. The second-order valence-electron chi connectivity index (χ2n) is 6.84. The van der Waals surface area contributed by atoms with Crippen LogP contribution in [0.15, 0.2) is 0 Å². The molecule has 0 aromatic rings. The van der Waals surface area contributed by atoms with Gasteiger partial charge in [0.2, 0.25) is 0 Å². The van der Waals surface area contributed by atoms with Crippen molar-refractivity contribution in [2.75, 3.05) is 65.6 Å². The number of rotatable bonds is 7. The minimum absolute atomic E-state index is 0.370. The SMILES string of the molecule is CCC(=O)CN1CCN(CN2CCN(C(C)CC)CC2)CC1. The zero-order chi connectivity index (χ0) is 15.9. The normalized spacial score (nSPS) is 24.5. The first-order valence-electron chi connectivity index (χ1n) is 9.05. The Labute approximate surface area is 136 Å². The van der Waals surface area contributed by atoms with Gasteiger partial charge >= 0.3 is 0 Å². The molecule has 0 spiro atoms. The zero-order valence-corrected chi connectivity index (χ0v) is 14.8. The van der Waals surface area contributed by atoms with Crippen molar-refractivity contribution in [2.24, 2.45) is 0 Å². The van der Waals surface area contributed by atoms with Crippen LogP contribution in [0.4, 0.5) is 0 Å². The highest BCUT2D eigenvalue weighted by atomic mass is 16.1. The quantitative estimate of drug-likeness (QED) is 0.699. The molecule has 0 saturated carbocycles. The molecule has 2 rings (SSSR count). The Morgan fingerprint density at radius 2 is 1.36 bits per heavy atom. The van der Waals surface area contributed by atoms with Crippen LogP contribution in [0.1, 0.15) is 33.6 Å². The van der Waals surface area contributed by atoms with Gasteiger partial charge in [-0.15, -0.1) is 0 Å². The molecule has 2 aliphatic heterocycles. The lowest BCUT2D eigenvalue weighted by molar-refractivity contribution is -0.120. The van der Waals surface area contributed by atoms with Crippen molar-refractivity contribution < 1.29 is 4.79 Å². The van der Waals surface area contributed by atoms with Gasteiger partial charge in [-0.05, 0) is 13.3 Å². The molecule has 1 atom stereocenters. The zero-order valence-electron chi connectivity index (χ0n) is 14.8. The maximum atomic E-state index is 11.5. The van der Waals surface area contributed by atoms with E-state index >= 15 is 0 Å². The highest BCUT2D eigenvalue weighted by Gasteiger charge is 2.23. The fraction of sp³-hybridized carbons (Fsp3) is 0.941. The third-order valence-electron chi connectivity index (χ3n) is 5.28. The number of hydrogen-bond acceptors (Lipinski definition) is 5. The van der Waals surface area contributed by atoms with E-state index in [1.165, 1.54) is 32.6 Å². The average Bonchev–Trinajstić information content (AvgIpc) is 2.56. The van der Waals surface area contributed by atoms with Crippen molar-refractivity contribution in [1.29, 1.82) is 0 Å². The van der Waals surface area contributed by atoms with E-state index in [1.807, 2.05) is 6.92 Å². The summed E-state index contributed by atoms with van der Waals surface area (Å²) in [5.41, 5.74) is 0. The molecule has 2 heterocycles. The largest absolute Gasteiger partial charge is 0.298 e. The molecule has 2 saturated heterocycles. The summed E-state index contributed by atoms with van der Waals surface area (Å²) < 4.78 is 0. The number of hydrogen-bond donors (Lipinski definition) is 0. The Morgan fingerprint density at radius 1 is 0.864 bits per heavy atom. The maximum absolute atomic E-state index is 11.5. The molecule has 5 heteroatoms. The van der Waals surface area contributed by atoms with Gasteiger partial charge in [-0.2, -0.15) is 0 Å². The van der Waals surface area contributed by atoms with Gasteiger partial charge in [0.05, 0.1) is 13.2 Å². The number of nitrogens with zero attached hydrogens (tertiary/aromatic N) is 4. The number of Topliss-reactive ketones (excluding diaryl/α,β-unsaturated/α-hetero) is 1. The van der Waals surface area contributed by atoms with Crippen LogP contribution in [0.25, 0.3) is 0 Å². The standard InChI is InChI=1S/C17H34N4O/c1-4-16(3)21-12-10-20(11-13-21)15-19-8-6-18(7-9-19)14-17(22)5-2/h16H,4-15H2,1-3H3. The van der Waals surface area contributed by atoms with Crippen LogP contribution < -0.4 is 0 Å². The van der Waals surface area contributed by atoms with Crippen molar-refractivity contribution in [3.63, 3.8) is 0 Å². The molecule has 5 nitrogen and oxygen atoms in total. The predicted molar refractivity (Wildman–Crippen MR) is 91.1 cm³/mol. The first kappa shape index (κ1) is 17.9. The third kappa shape index (κ3) is 5.30. The van der Waals surface area contributed by atoms with Crippen LogP contribution in [-0.2, 0) is 4.79 Å². The topological polar surface area (TPSA) is 30.0 Å². The molecule has 2 fully saturated rings. The minimum Gasteiger partial charge on any atom is -0.298 e. The highest BCUT2D eigenvalue weighted by molar-refractivity contribution is 5.80. The van der Waals surface area contributed by atoms with Gasteiger partial charge in [-0.1, -0.05) is 13.8 Å². The predicted octanol–water partition coefficient (Wildman–Crippen LogP) is 0.957. The lowest BCUT2D eigenvalue weighted by Crippen LogP contribution is -2.55. The van der Waals surface area contributed by atoms with E-state index in [4.69, 9.17) is 0 Å². The van der Waals surface area contributed by atoms with Gasteiger partial charge in [0.1, 0.15) is 5.78 Å².